The normalized spacial score (nSPS) is 19.4. The van der Waals surface area contributed by atoms with Gasteiger partial charge in [0.2, 0.25) is 5.43 Å². The predicted octanol–water partition coefficient (Wildman–Crippen LogP) is 5.36. The van der Waals surface area contributed by atoms with Crippen molar-refractivity contribution in [2.24, 2.45) is 0 Å². The van der Waals surface area contributed by atoms with E-state index in [1.165, 1.54) is 5.56 Å². The number of pyridine rings is 1. The molecule has 2 aliphatic carbocycles. The van der Waals surface area contributed by atoms with E-state index in [0.717, 1.165) is 41.0 Å². The third-order valence-corrected chi connectivity index (χ3v) is 8.16. The topological polar surface area (TPSA) is 77.8 Å². The molecule has 5 rings (SSSR count). The molecule has 0 aliphatic heterocycles. The summed E-state index contributed by atoms with van der Waals surface area (Å²) in [5.41, 5.74) is 2.50. The van der Waals surface area contributed by atoms with E-state index in [1.807, 2.05) is 10.6 Å². The van der Waals surface area contributed by atoms with Crippen molar-refractivity contribution in [1.29, 1.82) is 0 Å². The van der Waals surface area contributed by atoms with Crippen molar-refractivity contribution in [3.8, 4) is 16.2 Å². The number of hydrogen-bond donors (Lipinski definition) is 1. The van der Waals surface area contributed by atoms with Crippen LogP contribution in [0.25, 0.3) is 21.3 Å². The van der Waals surface area contributed by atoms with Gasteiger partial charge in [0.1, 0.15) is 5.56 Å². The van der Waals surface area contributed by atoms with Crippen LogP contribution in [0.4, 0.5) is 0 Å². The van der Waals surface area contributed by atoms with Crippen LogP contribution in [-0.4, -0.2) is 29.4 Å². The van der Waals surface area contributed by atoms with Crippen LogP contribution in [0.3, 0.4) is 0 Å². The van der Waals surface area contributed by atoms with Crippen molar-refractivity contribution >= 4 is 28.2 Å². The van der Waals surface area contributed by atoms with E-state index in [9.17, 15) is 14.7 Å². The Hall–Kier alpha value is -2.64. The molecule has 1 aromatic carbocycles. The van der Waals surface area contributed by atoms with Crippen molar-refractivity contribution in [3.63, 3.8) is 0 Å². The Balaban J connectivity index is 1.75. The molecule has 33 heavy (non-hydrogen) atoms. The minimum absolute atomic E-state index is 0.00194. The molecule has 0 bridgehead atoms. The van der Waals surface area contributed by atoms with Crippen LogP contribution in [0, 0.1) is 0 Å². The average molecular weight is 468 g/mol. The quantitative estimate of drug-likeness (QED) is 0.512. The summed E-state index contributed by atoms with van der Waals surface area (Å²) in [5.74, 6) is 0.0294. The zero-order valence-electron chi connectivity index (χ0n) is 19.4. The third kappa shape index (κ3) is 3.58. The van der Waals surface area contributed by atoms with E-state index in [1.54, 1.807) is 37.6 Å². The first-order valence-electron chi connectivity index (χ1n) is 11.5. The second-order valence-electron chi connectivity index (χ2n) is 9.60. The van der Waals surface area contributed by atoms with Gasteiger partial charge in [0, 0.05) is 27.6 Å². The first-order chi connectivity index (χ1) is 15.8. The maximum atomic E-state index is 13.2. The number of aliphatic hydroxyl groups excluding tert-OH is 1. The van der Waals surface area contributed by atoms with Crippen LogP contribution in [0.5, 0.6) is 5.75 Å². The summed E-state index contributed by atoms with van der Waals surface area (Å²) < 4.78 is 13.1. The summed E-state index contributed by atoms with van der Waals surface area (Å²) in [6, 6.07) is 6.07. The molecule has 1 atom stereocenters. The number of esters is 1. The molecule has 1 N–H and O–H groups in total. The number of carbonyl (C=O) groups excluding carboxylic acids is 1. The van der Waals surface area contributed by atoms with Gasteiger partial charge in [-0.3, -0.25) is 4.79 Å². The molecule has 0 spiro atoms. The molecule has 2 aromatic heterocycles. The summed E-state index contributed by atoms with van der Waals surface area (Å²) >= 11 is 1.59. The van der Waals surface area contributed by atoms with Crippen molar-refractivity contribution < 1.29 is 19.4 Å². The van der Waals surface area contributed by atoms with Gasteiger partial charge >= 0.3 is 5.97 Å². The first kappa shape index (κ1) is 22.2. The Morgan fingerprint density at radius 2 is 2.03 bits per heavy atom. The van der Waals surface area contributed by atoms with Crippen molar-refractivity contribution in [3.05, 3.63) is 50.6 Å². The Kier molecular flexibility index (Phi) is 5.37. The molecular formula is C26H29NO5S. The second-order valence-corrected chi connectivity index (χ2v) is 10.7. The third-order valence-electron chi connectivity index (χ3n) is 6.89. The molecule has 6 nitrogen and oxygen atoms in total. The number of carbonyl (C=O) groups is 1. The van der Waals surface area contributed by atoms with E-state index in [-0.39, 0.29) is 29.1 Å². The lowest BCUT2D eigenvalue weighted by Gasteiger charge is -2.32. The fourth-order valence-corrected chi connectivity index (χ4v) is 6.27. The van der Waals surface area contributed by atoms with E-state index in [4.69, 9.17) is 9.47 Å². The molecule has 0 radical (unpaired) electrons. The minimum atomic E-state index is -0.594. The fourth-order valence-electron chi connectivity index (χ4n) is 4.89. The Labute approximate surface area is 196 Å². The van der Waals surface area contributed by atoms with Gasteiger partial charge in [-0.2, -0.15) is 0 Å². The number of methoxy groups -OCH3 is 1. The summed E-state index contributed by atoms with van der Waals surface area (Å²) in [4.78, 5) is 27.7. The van der Waals surface area contributed by atoms with E-state index >= 15 is 0 Å². The number of rotatable bonds is 5. The molecule has 0 saturated heterocycles. The highest BCUT2D eigenvalue weighted by Gasteiger charge is 2.35. The van der Waals surface area contributed by atoms with Gasteiger partial charge < -0.3 is 19.1 Å². The Morgan fingerprint density at radius 3 is 2.67 bits per heavy atom. The lowest BCUT2D eigenvalue weighted by atomic mass is 9.75. The Bertz CT molecular complexity index is 1310. The van der Waals surface area contributed by atoms with Gasteiger partial charge in [0.15, 0.2) is 5.75 Å². The predicted molar refractivity (Wildman–Crippen MR) is 130 cm³/mol. The number of ether oxygens (including phenoxy) is 2. The number of thiophene rings is 1. The van der Waals surface area contributed by atoms with Gasteiger partial charge in [0.25, 0.3) is 0 Å². The molecule has 3 aromatic rings. The number of benzene rings is 1. The van der Waals surface area contributed by atoms with E-state index < -0.39 is 12.1 Å². The SMILES string of the molecule is CCOC(=O)c1cn(C2CC2)c2c(OC)c(-c3cc4c(s3)C(O)CCC4(C)C)ccc2c1=O. The van der Waals surface area contributed by atoms with Crippen LogP contribution in [0.15, 0.2) is 29.2 Å². The monoisotopic (exact) mass is 467 g/mol. The highest BCUT2D eigenvalue weighted by molar-refractivity contribution is 7.15. The molecule has 1 saturated carbocycles. The van der Waals surface area contributed by atoms with Crippen LogP contribution in [-0.2, 0) is 10.2 Å². The number of aromatic nitrogens is 1. The molecule has 1 unspecified atom stereocenters. The van der Waals surface area contributed by atoms with Crippen LogP contribution in [0.2, 0.25) is 0 Å². The molecule has 1 fully saturated rings. The fraction of sp³-hybridized carbons (Fsp3) is 0.462. The molecular weight excluding hydrogens is 438 g/mol. The van der Waals surface area contributed by atoms with Gasteiger partial charge in [-0.15, -0.1) is 11.3 Å². The maximum Gasteiger partial charge on any atom is 0.343 e. The molecule has 0 amide bonds. The summed E-state index contributed by atoms with van der Waals surface area (Å²) in [5, 5.41) is 11.1. The largest absolute Gasteiger partial charge is 0.494 e. The summed E-state index contributed by atoms with van der Waals surface area (Å²) in [7, 11) is 1.62. The number of nitrogens with zero attached hydrogens (tertiary/aromatic N) is 1. The number of aliphatic hydroxyl groups is 1. The van der Waals surface area contributed by atoms with Gasteiger partial charge in [-0.1, -0.05) is 13.8 Å². The van der Waals surface area contributed by atoms with Gasteiger partial charge in [-0.25, -0.2) is 4.79 Å². The highest BCUT2D eigenvalue weighted by atomic mass is 32.1. The van der Waals surface area contributed by atoms with Crippen LogP contribution in [0.1, 0.15) is 79.4 Å². The highest BCUT2D eigenvalue weighted by Crippen LogP contribution is 2.50. The molecule has 7 heteroatoms. The summed E-state index contributed by atoms with van der Waals surface area (Å²) in [6.45, 7) is 6.38. The van der Waals surface area contributed by atoms with Gasteiger partial charge in [0.05, 0.1) is 30.7 Å². The number of hydrogen-bond acceptors (Lipinski definition) is 6. The standard InChI is InChI=1S/C26H29NO5S/c1-5-32-25(30)17-13-27(14-6-7-14)21-16(22(17)29)9-8-15(23(21)31-4)20-12-18-24(33-20)19(28)10-11-26(18,2)3/h8-9,12-14,19,28H,5-7,10-11H2,1-4H3. The van der Waals surface area contributed by atoms with Crippen LogP contribution < -0.4 is 10.2 Å². The average Bonchev–Trinajstić information content (AvgIpc) is 3.52. The van der Waals surface area contributed by atoms with Crippen molar-refractivity contribution in [1.82, 2.24) is 4.57 Å². The van der Waals surface area contributed by atoms with Crippen molar-refractivity contribution in [2.75, 3.05) is 13.7 Å². The summed E-state index contributed by atoms with van der Waals surface area (Å²) in [6.07, 6.45) is 4.85. The van der Waals surface area contributed by atoms with E-state index in [2.05, 4.69) is 19.9 Å². The second kappa shape index (κ2) is 7.99. The zero-order chi connectivity index (χ0) is 23.5. The molecule has 2 aliphatic rings. The number of fused-ring (bicyclic) bond motifs is 2. The van der Waals surface area contributed by atoms with Crippen LogP contribution >= 0.6 is 11.3 Å². The van der Waals surface area contributed by atoms with E-state index in [0.29, 0.717) is 16.7 Å². The first-order valence-corrected chi connectivity index (χ1v) is 12.3. The maximum absolute atomic E-state index is 13.2. The molecule has 174 valence electrons. The smallest absolute Gasteiger partial charge is 0.343 e. The van der Waals surface area contributed by atoms with Gasteiger partial charge in [-0.05, 0) is 61.8 Å². The zero-order valence-corrected chi connectivity index (χ0v) is 20.3. The lowest BCUT2D eigenvalue weighted by Crippen LogP contribution is -2.24. The molecule has 2 heterocycles. The lowest BCUT2D eigenvalue weighted by molar-refractivity contribution is 0.0524. The Morgan fingerprint density at radius 1 is 1.27 bits per heavy atom. The van der Waals surface area contributed by atoms with Crippen molar-refractivity contribution in [2.45, 2.75) is 64.0 Å². The minimum Gasteiger partial charge on any atom is -0.494 e.